The molecule has 184 valence electrons. The van der Waals surface area contributed by atoms with Gasteiger partial charge in [0.2, 0.25) is 5.91 Å². The molecule has 1 atom stereocenters. The fraction of sp³-hybridized carbons (Fsp3) is 0.379. The predicted octanol–water partition coefficient (Wildman–Crippen LogP) is 5.47. The molecule has 35 heavy (non-hydrogen) atoms. The Morgan fingerprint density at radius 1 is 1.06 bits per heavy atom. The first kappa shape index (κ1) is 24.6. The van der Waals surface area contributed by atoms with Gasteiger partial charge in [0.1, 0.15) is 11.8 Å². The molecule has 2 aromatic carbocycles. The van der Waals surface area contributed by atoms with Gasteiger partial charge in [0.25, 0.3) is 5.91 Å². The lowest BCUT2D eigenvalue weighted by molar-refractivity contribution is -0.126. The molecule has 1 aliphatic carbocycles. The fourth-order valence-electron chi connectivity index (χ4n) is 4.82. The van der Waals surface area contributed by atoms with Crippen LogP contribution in [0.1, 0.15) is 65.4 Å². The van der Waals surface area contributed by atoms with Gasteiger partial charge in [0, 0.05) is 12.6 Å². The Kier molecular flexibility index (Phi) is 8.24. The minimum absolute atomic E-state index is 0.127. The molecule has 3 aromatic rings. The van der Waals surface area contributed by atoms with Crippen molar-refractivity contribution in [2.24, 2.45) is 0 Å². The third kappa shape index (κ3) is 6.32. The summed E-state index contributed by atoms with van der Waals surface area (Å²) in [4.78, 5) is 29.1. The van der Waals surface area contributed by atoms with Crippen molar-refractivity contribution in [3.05, 3.63) is 89.4 Å². The molecule has 1 N–H and O–H groups in total. The number of nitrogens with one attached hydrogen (secondary N) is 1. The van der Waals surface area contributed by atoms with Gasteiger partial charge in [-0.1, -0.05) is 61.2 Å². The molecule has 1 fully saturated rings. The van der Waals surface area contributed by atoms with E-state index in [4.69, 9.17) is 9.15 Å². The number of nitrogens with zero attached hydrogens (tertiary/aromatic N) is 1. The van der Waals surface area contributed by atoms with Gasteiger partial charge < -0.3 is 19.4 Å². The zero-order valence-corrected chi connectivity index (χ0v) is 20.5. The standard InChI is InChI=1S/C29H34N2O4/c1-21-9-6-10-22(19-21)16-17-31(29(33)26-15-8-18-35-26)27(23-11-7-14-25(20-23)34-2)28(32)30-24-12-4-3-5-13-24/h6-11,14-15,18-20,24,27H,3-5,12-13,16-17H2,1-2H3,(H,30,32)/t27-/m0/s1. The highest BCUT2D eigenvalue weighted by atomic mass is 16.5. The van der Waals surface area contributed by atoms with E-state index >= 15 is 0 Å². The lowest BCUT2D eigenvalue weighted by Crippen LogP contribution is -2.47. The van der Waals surface area contributed by atoms with Crippen molar-refractivity contribution >= 4 is 11.8 Å². The Labute approximate surface area is 207 Å². The smallest absolute Gasteiger partial charge is 0.290 e. The average Bonchev–Trinajstić information content (AvgIpc) is 3.42. The molecule has 1 saturated carbocycles. The molecule has 1 aliphatic rings. The number of furan rings is 1. The number of hydrogen-bond acceptors (Lipinski definition) is 4. The van der Waals surface area contributed by atoms with Crippen LogP contribution < -0.4 is 10.1 Å². The van der Waals surface area contributed by atoms with Crippen molar-refractivity contribution < 1.29 is 18.7 Å². The third-order valence-electron chi connectivity index (χ3n) is 6.64. The van der Waals surface area contributed by atoms with Crippen LogP contribution in [0.25, 0.3) is 0 Å². The molecule has 0 bridgehead atoms. The Bertz CT molecular complexity index is 1120. The van der Waals surface area contributed by atoms with Crippen molar-refractivity contribution in [3.63, 3.8) is 0 Å². The van der Waals surface area contributed by atoms with Crippen molar-refractivity contribution in [3.8, 4) is 5.75 Å². The molecule has 0 radical (unpaired) electrons. The van der Waals surface area contributed by atoms with Crippen molar-refractivity contribution in [1.82, 2.24) is 10.2 Å². The number of amides is 2. The number of aryl methyl sites for hydroxylation is 1. The molecule has 0 saturated heterocycles. The summed E-state index contributed by atoms with van der Waals surface area (Å²) in [5, 5.41) is 3.24. The summed E-state index contributed by atoms with van der Waals surface area (Å²) < 4.78 is 10.9. The third-order valence-corrected chi connectivity index (χ3v) is 6.64. The van der Waals surface area contributed by atoms with Crippen molar-refractivity contribution in [2.45, 2.75) is 57.5 Å². The number of carbonyl (C=O) groups is 2. The highest BCUT2D eigenvalue weighted by Gasteiger charge is 2.34. The van der Waals surface area contributed by atoms with E-state index in [0.29, 0.717) is 24.3 Å². The summed E-state index contributed by atoms with van der Waals surface area (Å²) >= 11 is 0. The molecule has 4 rings (SSSR count). The first-order valence-corrected chi connectivity index (χ1v) is 12.4. The Morgan fingerprint density at radius 3 is 2.57 bits per heavy atom. The van der Waals surface area contributed by atoms with Crippen LogP contribution in [0.15, 0.2) is 71.3 Å². The second-order valence-corrected chi connectivity index (χ2v) is 9.24. The maximum Gasteiger partial charge on any atom is 0.290 e. The topological polar surface area (TPSA) is 71.8 Å². The highest BCUT2D eigenvalue weighted by Crippen LogP contribution is 2.28. The van der Waals surface area contributed by atoms with E-state index < -0.39 is 6.04 Å². The maximum atomic E-state index is 13.8. The van der Waals surface area contributed by atoms with E-state index in [9.17, 15) is 9.59 Å². The van der Waals surface area contributed by atoms with Crippen LogP contribution in [0.2, 0.25) is 0 Å². The summed E-state index contributed by atoms with van der Waals surface area (Å²) in [6, 6.07) is 18.3. The molecule has 1 aromatic heterocycles. The number of methoxy groups -OCH3 is 1. The van der Waals surface area contributed by atoms with Crippen molar-refractivity contribution in [1.29, 1.82) is 0 Å². The van der Waals surface area contributed by atoms with Crippen LogP contribution >= 0.6 is 0 Å². The van der Waals surface area contributed by atoms with Crippen molar-refractivity contribution in [2.75, 3.05) is 13.7 Å². The van der Waals surface area contributed by atoms with Gasteiger partial charge in [0.15, 0.2) is 5.76 Å². The molecule has 0 aliphatic heterocycles. The van der Waals surface area contributed by atoms with E-state index in [2.05, 4.69) is 11.4 Å². The van der Waals surface area contributed by atoms with Gasteiger partial charge in [-0.15, -0.1) is 0 Å². The average molecular weight is 475 g/mol. The van der Waals surface area contributed by atoms with Crippen LogP contribution in [0.4, 0.5) is 0 Å². The van der Waals surface area contributed by atoms with Crippen LogP contribution in [0.3, 0.4) is 0 Å². The van der Waals surface area contributed by atoms with Gasteiger partial charge in [0.05, 0.1) is 13.4 Å². The SMILES string of the molecule is COc1cccc([C@@H](C(=O)NC2CCCCC2)N(CCc2cccc(C)c2)C(=O)c2ccco2)c1. The van der Waals surface area contributed by atoms with Gasteiger partial charge >= 0.3 is 0 Å². The Hall–Kier alpha value is -3.54. The first-order chi connectivity index (χ1) is 17.0. The minimum Gasteiger partial charge on any atom is -0.497 e. The molecule has 0 spiro atoms. The van der Waals surface area contributed by atoms with E-state index in [1.165, 1.54) is 12.7 Å². The number of carbonyl (C=O) groups excluding carboxylic acids is 2. The van der Waals surface area contributed by atoms with Gasteiger partial charge in [-0.25, -0.2) is 0 Å². The van der Waals surface area contributed by atoms with Gasteiger partial charge in [-0.2, -0.15) is 0 Å². The van der Waals surface area contributed by atoms with Crippen LogP contribution in [-0.2, 0) is 11.2 Å². The van der Waals surface area contributed by atoms with Gasteiger partial charge in [-0.05, 0) is 61.6 Å². The van der Waals surface area contributed by atoms with Gasteiger partial charge in [-0.3, -0.25) is 9.59 Å². The lowest BCUT2D eigenvalue weighted by atomic mass is 9.94. The van der Waals surface area contributed by atoms with Crippen LogP contribution in [0.5, 0.6) is 5.75 Å². The highest BCUT2D eigenvalue weighted by molar-refractivity contribution is 5.96. The Balaban J connectivity index is 1.69. The summed E-state index contributed by atoms with van der Waals surface area (Å²) in [7, 11) is 1.60. The number of benzene rings is 2. The quantitative estimate of drug-likeness (QED) is 0.446. The number of hydrogen-bond donors (Lipinski definition) is 1. The maximum absolute atomic E-state index is 13.8. The predicted molar refractivity (Wildman–Crippen MR) is 135 cm³/mol. The number of ether oxygens (including phenoxy) is 1. The van der Waals surface area contributed by atoms with E-state index in [1.807, 2.05) is 49.4 Å². The van der Waals surface area contributed by atoms with Crippen LogP contribution in [-0.4, -0.2) is 36.4 Å². The second kappa shape index (κ2) is 11.7. The monoisotopic (exact) mass is 474 g/mol. The summed E-state index contributed by atoms with van der Waals surface area (Å²) in [6.45, 7) is 2.41. The molecule has 6 nitrogen and oxygen atoms in total. The summed E-state index contributed by atoms with van der Waals surface area (Å²) in [5.41, 5.74) is 2.98. The van der Waals surface area contributed by atoms with E-state index in [0.717, 1.165) is 36.8 Å². The molecule has 2 amide bonds. The zero-order chi connectivity index (χ0) is 24.6. The second-order valence-electron chi connectivity index (χ2n) is 9.24. The molecular weight excluding hydrogens is 440 g/mol. The zero-order valence-electron chi connectivity index (χ0n) is 20.5. The number of rotatable bonds is 9. The molecule has 0 unspecified atom stereocenters. The molecular formula is C29H34N2O4. The lowest BCUT2D eigenvalue weighted by Gasteiger charge is -2.33. The minimum atomic E-state index is -0.811. The first-order valence-electron chi connectivity index (χ1n) is 12.4. The summed E-state index contributed by atoms with van der Waals surface area (Å²) in [6.07, 6.45) is 7.44. The largest absolute Gasteiger partial charge is 0.497 e. The fourth-order valence-corrected chi connectivity index (χ4v) is 4.82. The summed E-state index contributed by atoms with van der Waals surface area (Å²) in [5.74, 6) is 0.373. The normalized spacial score (nSPS) is 14.8. The molecule has 6 heteroatoms. The van der Waals surface area contributed by atoms with E-state index in [-0.39, 0.29) is 23.6 Å². The molecule has 1 heterocycles. The Morgan fingerprint density at radius 2 is 1.86 bits per heavy atom. The van der Waals surface area contributed by atoms with E-state index in [1.54, 1.807) is 24.1 Å². The van der Waals surface area contributed by atoms with Crippen LogP contribution in [0, 0.1) is 6.92 Å².